The van der Waals surface area contributed by atoms with E-state index in [4.69, 9.17) is 5.73 Å². The van der Waals surface area contributed by atoms with Crippen molar-refractivity contribution in [2.75, 3.05) is 0 Å². The van der Waals surface area contributed by atoms with Gasteiger partial charge in [0.05, 0.1) is 0 Å². The van der Waals surface area contributed by atoms with Crippen molar-refractivity contribution in [2.24, 2.45) is 5.73 Å². The quantitative estimate of drug-likeness (QED) is 0.801. The normalized spacial score (nSPS) is 17.7. The van der Waals surface area contributed by atoms with Gasteiger partial charge < -0.3 is 10.3 Å². The Kier molecular flexibility index (Phi) is 1.70. The summed E-state index contributed by atoms with van der Waals surface area (Å²) in [7, 11) is 0. The topological polar surface area (TPSA) is 43.8 Å². The van der Waals surface area contributed by atoms with E-state index in [-0.39, 0.29) is 5.54 Å². The monoisotopic (exact) mass is 199 g/mol. The van der Waals surface area contributed by atoms with E-state index >= 15 is 0 Å². The Labute approximate surface area is 88.6 Å². The second-order valence-electron chi connectivity index (χ2n) is 4.15. The molecule has 76 valence electrons. The zero-order valence-corrected chi connectivity index (χ0v) is 8.43. The summed E-state index contributed by atoms with van der Waals surface area (Å²) in [5.41, 5.74) is 7.16. The zero-order chi connectivity index (χ0) is 10.3. The van der Waals surface area contributed by atoms with Gasteiger partial charge in [-0.25, -0.2) is 4.98 Å². The molecule has 15 heavy (non-hydrogen) atoms. The fourth-order valence-electron chi connectivity index (χ4n) is 1.74. The lowest BCUT2D eigenvalue weighted by molar-refractivity contribution is 0.733. The molecule has 0 radical (unpaired) electrons. The number of rotatable bonds is 2. The van der Waals surface area contributed by atoms with Crippen molar-refractivity contribution in [3.05, 3.63) is 48.4 Å². The van der Waals surface area contributed by atoms with Gasteiger partial charge in [0.2, 0.25) is 0 Å². The minimum atomic E-state index is -0.0811. The number of pyridine rings is 1. The van der Waals surface area contributed by atoms with E-state index in [9.17, 15) is 0 Å². The van der Waals surface area contributed by atoms with Gasteiger partial charge in [0.15, 0.2) is 0 Å². The predicted molar refractivity (Wildman–Crippen MR) is 58.7 cm³/mol. The Morgan fingerprint density at radius 2 is 1.93 bits per heavy atom. The van der Waals surface area contributed by atoms with Crippen molar-refractivity contribution < 1.29 is 0 Å². The van der Waals surface area contributed by atoms with Crippen LogP contribution in [0.3, 0.4) is 0 Å². The lowest BCUT2D eigenvalue weighted by atomic mass is 10.1. The van der Waals surface area contributed by atoms with Gasteiger partial charge in [0.25, 0.3) is 0 Å². The van der Waals surface area contributed by atoms with Crippen LogP contribution >= 0.6 is 0 Å². The molecule has 2 heterocycles. The molecule has 0 aliphatic heterocycles. The van der Waals surface area contributed by atoms with Gasteiger partial charge in [0, 0.05) is 24.1 Å². The maximum Gasteiger partial charge on any atom is 0.136 e. The highest BCUT2D eigenvalue weighted by atomic mass is 15.0. The molecule has 0 aromatic carbocycles. The maximum atomic E-state index is 6.09. The fraction of sp³-hybridized carbons (Fsp3) is 0.250. The summed E-state index contributed by atoms with van der Waals surface area (Å²) in [6, 6.07) is 8.07. The average molecular weight is 199 g/mol. The molecule has 3 nitrogen and oxygen atoms in total. The molecule has 0 amide bonds. The summed E-state index contributed by atoms with van der Waals surface area (Å²) in [5, 5.41) is 0. The third-order valence-corrected chi connectivity index (χ3v) is 2.98. The molecule has 0 spiro atoms. The van der Waals surface area contributed by atoms with Crippen LogP contribution < -0.4 is 5.73 Å². The van der Waals surface area contributed by atoms with Gasteiger partial charge in [0.1, 0.15) is 5.82 Å². The molecular weight excluding hydrogens is 186 g/mol. The van der Waals surface area contributed by atoms with Crippen molar-refractivity contribution in [3.8, 4) is 5.82 Å². The van der Waals surface area contributed by atoms with Crippen LogP contribution in [0.25, 0.3) is 5.82 Å². The van der Waals surface area contributed by atoms with Crippen molar-refractivity contribution >= 4 is 0 Å². The summed E-state index contributed by atoms with van der Waals surface area (Å²) >= 11 is 0. The number of aromatic nitrogens is 2. The van der Waals surface area contributed by atoms with E-state index < -0.39 is 0 Å². The molecule has 1 aliphatic rings. The zero-order valence-electron chi connectivity index (χ0n) is 8.43. The predicted octanol–water partition coefficient (Wildman–Crippen LogP) is 1.82. The van der Waals surface area contributed by atoms with Gasteiger partial charge >= 0.3 is 0 Å². The minimum Gasteiger partial charge on any atom is -0.321 e. The lowest BCUT2D eigenvalue weighted by Gasteiger charge is -2.09. The first-order chi connectivity index (χ1) is 7.28. The molecule has 2 aromatic rings. The molecule has 1 saturated carbocycles. The summed E-state index contributed by atoms with van der Waals surface area (Å²) in [5.74, 6) is 0.938. The molecule has 0 bridgehead atoms. The number of hydrogen-bond donors (Lipinski definition) is 1. The van der Waals surface area contributed by atoms with Crippen LogP contribution in [-0.2, 0) is 5.54 Å². The molecule has 1 fully saturated rings. The Morgan fingerprint density at radius 3 is 2.47 bits per heavy atom. The van der Waals surface area contributed by atoms with Gasteiger partial charge in [-0.1, -0.05) is 6.07 Å². The molecule has 2 aromatic heterocycles. The van der Waals surface area contributed by atoms with Crippen LogP contribution in [0.1, 0.15) is 18.4 Å². The molecule has 2 N–H and O–H groups in total. The van der Waals surface area contributed by atoms with Crippen LogP contribution in [0.5, 0.6) is 0 Å². The third-order valence-electron chi connectivity index (χ3n) is 2.98. The summed E-state index contributed by atoms with van der Waals surface area (Å²) in [6.45, 7) is 0. The first kappa shape index (κ1) is 8.68. The van der Waals surface area contributed by atoms with Crippen molar-refractivity contribution in [1.29, 1.82) is 0 Å². The highest BCUT2D eigenvalue weighted by molar-refractivity contribution is 5.32. The van der Waals surface area contributed by atoms with E-state index in [1.165, 1.54) is 0 Å². The molecule has 0 saturated heterocycles. The molecule has 3 heteroatoms. The number of nitrogens with zero attached hydrogens (tertiary/aromatic N) is 2. The van der Waals surface area contributed by atoms with Crippen LogP contribution in [-0.4, -0.2) is 9.55 Å². The Balaban J connectivity index is 1.94. The summed E-state index contributed by atoms with van der Waals surface area (Å²) in [4.78, 5) is 4.41. The second-order valence-corrected chi connectivity index (χ2v) is 4.15. The van der Waals surface area contributed by atoms with E-state index in [0.29, 0.717) is 0 Å². The first-order valence-corrected chi connectivity index (χ1v) is 5.17. The van der Waals surface area contributed by atoms with Crippen LogP contribution in [0.2, 0.25) is 0 Å². The van der Waals surface area contributed by atoms with Crippen molar-refractivity contribution in [2.45, 2.75) is 18.4 Å². The van der Waals surface area contributed by atoms with Crippen LogP contribution in [0, 0.1) is 0 Å². The Bertz CT molecular complexity index is 452. The van der Waals surface area contributed by atoms with Gasteiger partial charge in [-0.05, 0) is 36.6 Å². The van der Waals surface area contributed by atoms with Crippen LogP contribution in [0.4, 0.5) is 0 Å². The van der Waals surface area contributed by atoms with Gasteiger partial charge in [-0.3, -0.25) is 0 Å². The average Bonchev–Trinajstić information content (AvgIpc) is 2.84. The second kappa shape index (κ2) is 2.94. The lowest BCUT2D eigenvalue weighted by Crippen LogP contribution is -2.18. The third kappa shape index (κ3) is 1.45. The standard InChI is InChI=1S/C12H13N3/c13-12(5-6-12)10-3-4-11(14-9-10)15-7-1-2-8-15/h1-4,7-9H,5-6,13H2. The van der Waals surface area contributed by atoms with Crippen LogP contribution in [0.15, 0.2) is 42.9 Å². The van der Waals surface area contributed by atoms with Crippen molar-refractivity contribution in [3.63, 3.8) is 0 Å². The Morgan fingerprint density at radius 1 is 1.20 bits per heavy atom. The highest BCUT2D eigenvalue weighted by Gasteiger charge is 2.40. The van der Waals surface area contributed by atoms with E-state index in [0.717, 1.165) is 24.2 Å². The highest BCUT2D eigenvalue weighted by Crippen LogP contribution is 2.42. The Hall–Kier alpha value is -1.61. The number of nitrogens with two attached hydrogens (primary N) is 1. The summed E-state index contributed by atoms with van der Waals surface area (Å²) in [6.07, 6.45) is 8.02. The largest absolute Gasteiger partial charge is 0.321 e. The molecule has 3 rings (SSSR count). The smallest absolute Gasteiger partial charge is 0.136 e. The molecular formula is C12H13N3. The summed E-state index contributed by atoms with van der Waals surface area (Å²) < 4.78 is 1.99. The first-order valence-electron chi connectivity index (χ1n) is 5.17. The molecule has 0 atom stereocenters. The number of hydrogen-bond acceptors (Lipinski definition) is 2. The van der Waals surface area contributed by atoms with E-state index in [1.54, 1.807) is 0 Å². The van der Waals surface area contributed by atoms with Crippen molar-refractivity contribution in [1.82, 2.24) is 9.55 Å². The van der Waals surface area contributed by atoms with E-state index in [1.807, 2.05) is 41.4 Å². The van der Waals surface area contributed by atoms with Gasteiger partial charge in [-0.2, -0.15) is 0 Å². The maximum absolute atomic E-state index is 6.09. The van der Waals surface area contributed by atoms with Gasteiger partial charge in [-0.15, -0.1) is 0 Å². The van der Waals surface area contributed by atoms with E-state index in [2.05, 4.69) is 11.1 Å². The molecule has 1 aliphatic carbocycles. The minimum absolute atomic E-state index is 0.0811. The fourth-order valence-corrected chi connectivity index (χ4v) is 1.74. The SMILES string of the molecule is NC1(c2ccc(-n3cccc3)nc2)CC1. The molecule has 0 unspecified atom stereocenters.